The Hall–Kier alpha value is -3.41. The Morgan fingerprint density at radius 1 is 1.12 bits per heavy atom. The zero-order valence-corrected chi connectivity index (χ0v) is 19.5. The normalized spacial score (nSPS) is 18.4. The van der Waals surface area contributed by atoms with Gasteiger partial charge in [0.25, 0.3) is 5.91 Å². The van der Waals surface area contributed by atoms with Gasteiger partial charge in [-0.3, -0.25) is 9.59 Å². The summed E-state index contributed by atoms with van der Waals surface area (Å²) in [5, 5.41) is 6.89. The Morgan fingerprint density at radius 2 is 1.85 bits per heavy atom. The second-order valence-corrected chi connectivity index (χ2v) is 9.16. The van der Waals surface area contributed by atoms with Gasteiger partial charge < -0.3 is 14.7 Å². The molecule has 172 valence electrons. The van der Waals surface area contributed by atoms with E-state index in [1.54, 1.807) is 18.0 Å². The van der Waals surface area contributed by atoms with Crippen LogP contribution in [0.5, 0.6) is 0 Å². The molecule has 1 unspecified atom stereocenters. The lowest BCUT2D eigenvalue weighted by Gasteiger charge is -2.41. The van der Waals surface area contributed by atoms with Crippen LogP contribution in [0.2, 0.25) is 0 Å². The van der Waals surface area contributed by atoms with Crippen LogP contribution >= 0.6 is 0 Å². The number of hydrogen-bond donors (Lipinski definition) is 1. The van der Waals surface area contributed by atoms with E-state index in [-0.39, 0.29) is 23.5 Å². The van der Waals surface area contributed by atoms with Crippen LogP contribution in [0.15, 0.2) is 65.2 Å². The number of aromatic nitrogens is 1. The fourth-order valence-electron chi connectivity index (χ4n) is 4.74. The lowest BCUT2D eigenvalue weighted by atomic mass is 9.73. The molecule has 1 aliphatic rings. The lowest BCUT2D eigenvalue weighted by Crippen LogP contribution is -2.54. The Bertz CT molecular complexity index is 1120. The second-order valence-electron chi connectivity index (χ2n) is 9.16. The monoisotopic (exact) mass is 445 g/mol. The van der Waals surface area contributed by atoms with E-state index in [0.717, 1.165) is 28.8 Å². The van der Waals surface area contributed by atoms with E-state index >= 15 is 0 Å². The third kappa shape index (κ3) is 4.70. The molecule has 0 aliphatic carbocycles. The Labute approximate surface area is 195 Å². The van der Waals surface area contributed by atoms with Crippen LogP contribution in [-0.2, 0) is 11.2 Å². The number of nitrogens with zero attached hydrogens (tertiary/aromatic N) is 2. The number of hydrogen-bond acceptors (Lipinski definition) is 4. The van der Waals surface area contributed by atoms with Gasteiger partial charge >= 0.3 is 0 Å². The first kappa shape index (κ1) is 22.8. The Balaban J connectivity index is 1.64. The van der Waals surface area contributed by atoms with E-state index in [2.05, 4.69) is 34.7 Å². The molecule has 1 saturated heterocycles. The predicted molar refractivity (Wildman–Crippen MR) is 128 cm³/mol. The molecule has 1 atom stereocenters. The molecule has 1 N–H and O–H groups in total. The first-order valence-electron chi connectivity index (χ1n) is 11.5. The summed E-state index contributed by atoms with van der Waals surface area (Å²) in [5.74, 6) is 0.161. The van der Waals surface area contributed by atoms with Crippen LogP contribution in [0, 0.1) is 5.41 Å². The minimum atomic E-state index is -0.714. The van der Waals surface area contributed by atoms with Crippen molar-refractivity contribution in [1.82, 2.24) is 15.4 Å². The summed E-state index contributed by atoms with van der Waals surface area (Å²) in [6, 6.07) is 20.1. The molecule has 1 aromatic heterocycles. The van der Waals surface area contributed by atoms with Gasteiger partial charge in [0.05, 0.1) is 11.1 Å². The summed E-state index contributed by atoms with van der Waals surface area (Å²) < 4.78 is 5.35. The van der Waals surface area contributed by atoms with Gasteiger partial charge in [-0.15, -0.1) is 0 Å². The molecule has 2 amide bonds. The third-order valence-electron chi connectivity index (χ3n) is 6.53. The molecular formula is C27H31N3O3. The van der Waals surface area contributed by atoms with E-state index in [0.29, 0.717) is 25.9 Å². The van der Waals surface area contributed by atoms with Crippen molar-refractivity contribution in [2.24, 2.45) is 5.41 Å². The molecule has 0 bridgehead atoms. The predicted octanol–water partition coefficient (Wildman–Crippen LogP) is 4.68. The van der Waals surface area contributed by atoms with E-state index in [1.807, 2.05) is 44.2 Å². The van der Waals surface area contributed by atoms with Gasteiger partial charge in [-0.05, 0) is 41.9 Å². The fourth-order valence-corrected chi connectivity index (χ4v) is 4.74. The molecule has 1 fully saturated rings. The average Bonchev–Trinajstić information content (AvgIpc) is 3.35. The molecule has 33 heavy (non-hydrogen) atoms. The molecule has 3 aromatic rings. The highest BCUT2D eigenvalue weighted by Gasteiger charge is 2.44. The molecular weight excluding hydrogens is 414 g/mol. The SMILES string of the molecule is CNC(=O)C1(Cc2ccccc2-c2ccccc2)CCCN(C(=O)c2cc(C(C)C)no2)C1. The number of benzene rings is 2. The highest BCUT2D eigenvalue weighted by atomic mass is 16.5. The first-order valence-corrected chi connectivity index (χ1v) is 11.5. The zero-order valence-electron chi connectivity index (χ0n) is 19.5. The van der Waals surface area contributed by atoms with Gasteiger partial charge in [-0.2, -0.15) is 0 Å². The number of nitrogens with one attached hydrogen (secondary N) is 1. The summed E-state index contributed by atoms with van der Waals surface area (Å²) in [6.07, 6.45) is 2.01. The molecule has 2 aromatic carbocycles. The topological polar surface area (TPSA) is 75.4 Å². The first-order chi connectivity index (χ1) is 15.9. The van der Waals surface area contributed by atoms with Gasteiger partial charge in [0.15, 0.2) is 0 Å². The summed E-state index contributed by atoms with van der Waals surface area (Å²) in [7, 11) is 1.67. The fraction of sp³-hybridized carbons (Fsp3) is 0.370. The number of likely N-dealkylation sites (tertiary alicyclic amines) is 1. The van der Waals surface area contributed by atoms with E-state index in [4.69, 9.17) is 4.52 Å². The number of carbonyl (C=O) groups is 2. The maximum Gasteiger partial charge on any atom is 0.292 e. The van der Waals surface area contributed by atoms with Crippen molar-refractivity contribution in [2.45, 2.75) is 39.0 Å². The summed E-state index contributed by atoms with van der Waals surface area (Å²) in [4.78, 5) is 28.2. The second kappa shape index (κ2) is 9.61. The molecule has 2 heterocycles. The van der Waals surface area contributed by atoms with Crippen LogP contribution in [0.4, 0.5) is 0 Å². The van der Waals surface area contributed by atoms with Gasteiger partial charge in [0.1, 0.15) is 0 Å². The van der Waals surface area contributed by atoms with E-state index in [1.165, 1.54) is 0 Å². The zero-order chi connectivity index (χ0) is 23.4. The Kier molecular flexibility index (Phi) is 6.63. The number of carbonyl (C=O) groups excluding carboxylic acids is 2. The van der Waals surface area contributed by atoms with Gasteiger partial charge in [0, 0.05) is 26.2 Å². The highest BCUT2D eigenvalue weighted by molar-refractivity contribution is 5.92. The summed E-state index contributed by atoms with van der Waals surface area (Å²) >= 11 is 0. The molecule has 6 heteroatoms. The molecule has 1 aliphatic heterocycles. The van der Waals surface area contributed by atoms with Crippen LogP contribution in [-0.4, -0.2) is 42.0 Å². The quantitative estimate of drug-likeness (QED) is 0.598. The van der Waals surface area contributed by atoms with Gasteiger partial charge in [-0.1, -0.05) is 73.6 Å². The van der Waals surface area contributed by atoms with Crippen molar-refractivity contribution in [3.8, 4) is 11.1 Å². The van der Waals surface area contributed by atoms with Crippen molar-refractivity contribution in [3.05, 3.63) is 77.7 Å². The summed E-state index contributed by atoms with van der Waals surface area (Å²) in [5.41, 5.74) is 3.37. The van der Waals surface area contributed by atoms with Crippen LogP contribution in [0.25, 0.3) is 11.1 Å². The van der Waals surface area contributed by atoms with E-state index < -0.39 is 5.41 Å². The molecule has 0 saturated carbocycles. The van der Waals surface area contributed by atoms with Crippen LogP contribution in [0.3, 0.4) is 0 Å². The minimum absolute atomic E-state index is 0.0386. The van der Waals surface area contributed by atoms with Gasteiger partial charge in [-0.25, -0.2) is 0 Å². The van der Waals surface area contributed by atoms with Crippen molar-refractivity contribution in [3.63, 3.8) is 0 Å². The largest absolute Gasteiger partial charge is 0.359 e. The maximum absolute atomic E-state index is 13.3. The van der Waals surface area contributed by atoms with Gasteiger partial charge in [0.2, 0.25) is 11.7 Å². The lowest BCUT2D eigenvalue weighted by molar-refractivity contribution is -0.133. The average molecular weight is 446 g/mol. The molecule has 0 radical (unpaired) electrons. The van der Waals surface area contributed by atoms with Crippen LogP contribution < -0.4 is 5.32 Å². The number of rotatable bonds is 6. The molecule has 0 spiro atoms. The minimum Gasteiger partial charge on any atom is -0.359 e. The van der Waals surface area contributed by atoms with Crippen molar-refractivity contribution in [2.75, 3.05) is 20.1 Å². The highest BCUT2D eigenvalue weighted by Crippen LogP contribution is 2.37. The van der Waals surface area contributed by atoms with Crippen molar-refractivity contribution >= 4 is 11.8 Å². The number of amides is 2. The standard InChI is InChI=1S/C27H31N3O3/c1-19(2)23-16-24(33-29-23)25(31)30-15-9-14-27(18-30,26(32)28-3)17-21-12-7-8-13-22(21)20-10-5-4-6-11-20/h4-8,10-13,16,19H,9,14-15,17-18H2,1-3H3,(H,28,32). The van der Waals surface area contributed by atoms with E-state index in [9.17, 15) is 9.59 Å². The summed E-state index contributed by atoms with van der Waals surface area (Å²) in [6.45, 7) is 4.95. The Morgan fingerprint density at radius 3 is 2.55 bits per heavy atom. The third-order valence-corrected chi connectivity index (χ3v) is 6.53. The smallest absolute Gasteiger partial charge is 0.292 e. The maximum atomic E-state index is 13.3. The number of piperidine rings is 1. The van der Waals surface area contributed by atoms with Crippen molar-refractivity contribution in [1.29, 1.82) is 0 Å². The van der Waals surface area contributed by atoms with Crippen LogP contribution in [0.1, 0.15) is 54.4 Å². The molecule has 6 nitrogen and oxygen atoms in total. The van der Waals surface area contributed by atoms with Crippen molar-refractivity contribution < 1.29 is 14.1 Å². The molecule has 4 rings (SSSR count).